The number of aryl methyl sites for hydroxylation is 2. The summed E-state index contributed by atoms with van der Waals surface area (Å²) in [6, 6.07) is 20.4. The molecule has 0 heterocycles. The van der Waals surface area contributed by atoms with Crippen LogP contribution in [0.2, 0.25) is 0 Å². The molecule has 0 aliphatic carbocycles. The number of sulfonamides is 1. The molecule has 1 unspecified atom stereocenters. The second-order valence-corrected chi connectivity index (χ2v) is 11.2. The Morgan fingerprint density at radius 2 is 1.47 bits per heavy atom. The second kappa shape index (κ2) is 12.7. The van der Waals surface area contributed by atoms with E-state index >= 15 is 0 Å². The molecule has 0 saturated carbocycles. The van der Waals surface area contributed by atoms with E-state index in [1.165, 1.54) is 21.3 Å². The summed E-state index contributed by atoms with van der Waals surface area (Å²) in [6.07, 6.45) is 0.387. The molecule has 38 heavy (non-hydrogen) atoms. The zero-order valence-corrected chi connectivity index (χ0v) is 23.6. The average Bonchev–Trinajstić information content (AvgIpc) is 2.90. The molecule has 7 nitrogen and oxygen atoms in total. The number of nitrogens with one attached hydrogen (secondary N) is 1. The van der Waals surface area contributed by atoms with Gasteiger partial charge in [0, 0.05) is 13.1 Å². The molecular weight excluding hydrogens is 498 g/mol. The van der Waals surface area contributed by atoms with Crippen molar-refractivity contribution in [2.24, 2.45) is 0 Å². The van der Waals surface area contributed by atoms with Crippen molar-refractivity contribution in [2.45, 2.75) is 58.5 Å². The minimum absolute atomic E-state index is 0.0925. The first-order valence-corrected chi connectivity index (χ1v) is 14.3. The van der Waals surface area contributed by atoms with Crippen LogP contribution >= 0.6 is 0 Å². The molecule has 0 saturated heterocycles. The van der Waals surface area contributed by atoms with E-state index in [1.54, 1.807) is 30.3 Å². The normalized spacial score (nSPS) is 12.0. The summed E-state index contributed by atoms with van der Waals surface area (Å²) >= 11 is 0. The largest absolute Gasteiger partial charge is 0.355 e. The fourth-order valence-corrected chi connectivity index (χ4v) is 5.91. The first-order valence-electron chi connectivity index (χ1n) is 12.9. The van der Waals surface area contributed by atoms with Crippen molar-refractivity contribution in [1.82, 2.24) is 10.2 Å². The number of hydrogen-bond acceptors (Lipinski definition) is 4. The molecule has 8 heteroatoms. The number of hydrogen-bond donors (Lipinski definition) is 1. The van der Waals surface area contributed by atoms with Gasteiger partial charge >= 0.3 is 0 Å². The van der Waals surface area contributed by atoms with E-state index in [9.17, 15) is 18.0 Å². The van der Waals surface area contributed by atoms with Gasteiger partial charge in [0.2, 0.25) is 11.8 Å². The minimum atomic E-state index is -4.08. The molecule has 3 aromatic carbocycles. The lowest BCUT2D eigenvalue weighted by Crippen LogP contribution is -2.52. The Morgan fingerprint density at radius 1 is 0.842 bits per heavy atom. The third kappa shape index (κ3) is 6.42. The minimum Gasteiger partial charge on any atom is -0.355 e. The lowest BCUT2D eigenvalue weighted by Gasteiger charge is -2.34. The van der Waals surface area contributed by atoms with Crippen LogP contribution in [0, 0.1) is 20.8 Å². The van der Waals surface area contributed by atoms with Gasteiger partial charge in [-0.1, -0.05) is 61.5 Å². The summed E-state index contributed by atoms with van der Waals surface area (Å²) in [7, 11) is -4.08. The lowest BCUT2D eigenvalue weighted by atomic mass is 10.1. The molecule has 0 aromatic heterocycles. The van der Waals surface area contributed by atoms with Crippen LogP contribution < -0.4 is 9.62 Å². The topological polar surface area (TPSA) is 86.8 Å². The van der Waals surface area contributed by atoms with Crippen LogP contribution in [0.4, 0.5) is 5.69 Å². The number of carbonyl (C=O) groups excluding carboxylic acids is 2. The van der Waals surface area contributed by atoms with Crippen LogP contribution in [-0.4, -0.2) is 44.3 Å². The molecule has 3 aromatic rings. The van der Waals surface area contributed by atoms with E-state index in [0.717, 1.165) is 22.3 Å². The standard InChI is InChI=1S/C30H37N3O4S/c1-6-27(30(35)31-7-2)32(20-25-16-12-11-14-23(25)4)29(34)21-33(28-19-13-15-22(3)24(28)5)38(36,37)26-17-9-8-10-18-26/h8-19,27H,6-7,20-21H2,1-5H3,(H,31,35). The van der Waals surface area contributed by atoms with Gasteiger partial charge in [-0.05, 0) is 74.6 Å². The molecule has 0 fully saturated rings. The maximum Gasteiger partial charge on any atom is 0.264 e. The summed E-state index contributed by atoms with van der Waals surface area (Å²) in [6.45, 7) is 9.55. The van der Waals surface area contributed by atoms with Gasteiger partial charge in [-0.25, -0.2) is 8.42 Å². The predicted octanol–water partition coefficient (Wildman–Crippen LogP) is 4.75. The molecule has 2 amide bonds. The van der Waals surface area contributed by atoms with Crippen molar-refractivity contribution >= 4 is 27.5 Å². The van der Waals surface area contributed by atoms with Gasteiger partial charge in [-0.3, -0.25) is 13.9 Å². The Kier molecular flexibility index (Phi) is 9.69. The fourth-order valence-electron chi connectivity index (χ4n) is 4.42. The molecule has 1 atom stereocenters. The van der Waals surface area contributed by atoms with Crippen molar-refractivity contribution in [3.8, 4) is 0 Å². The Bertz CT molecular complexity index is 1370. The van der Waals surface area contributed by atoms with E-state index in [1.807, 2.05) is 65.0 Å². The van der Waals surface area contributed by atoms with Gasteiger partial charge in [-0.2, -0.15) is 0 Å². The number of likely N-dealkylation sites (N-methyl/N-ethyl adjacent to an activating group) is 1. The molecule has 0 bridgehead atoms. The summed E-state index contributed by atoms with van der Waals surface area (Å²) in [5.74, 6) is -0.715. The van der Waals surface area contributed by atoms with Crippen molar-refractivity contribution < 1.29 is 18.0 Å². The van der Waals surface area contributed by atoms with E-state index in [2.05, 4.69) is 5.32 Å². The molecule has 3 rings (SSSR count). The van der Waals surface area contributed by atoms with Crippen molar-refractivity contribution in [1.29, 1.82) is 0 Å². The fraction of sp³-hybridized carbons (Fsp3) is 0.333. The van der Waals surface area contributed by atoms with Crippen LogP contribution in [0.1, 0.15) is 42.5 Å². The van der Waals surface area contributed by atoms with Crippen LogP contribution in [0.3, 0.4) is 0 Å². The highest BCUT2D eigenvalue weighted by molar-refractivity contribution is 7.92. The van der Waals surface area contributed by atoms with Gasteiger partial charge in [-0.15, -0.1) is 0 Å². The first kappa shape index (κ1) is 28.9. The van der Waals surface area contributed by atoms with Crippen molar-refractivity contribution in [3.05, 3.63) is 95.1 Å². The summed E-state index contributed by atoms with van der Waals surface area (Å²) in [5.41, 5.74) is 3.99. The van der Waals surface area contributed by atoms with Crippen molar-refractivity contribution in [3.63, 3.8) is 0 Å². The third-order valence-electron chi connectivity index (χ3n) is 6.79. The zero-order valence-electron chi connectivity index (χ0n) is 22.8. The lowest BCUT2D eigenvalue weighted by molar-refractivity contribution is -0.140. The van der Waals surface area contributed by atoms with Gasteiger partial charge in [0.1, 0.15) is 12.6 Å². The number of anilines is 1. The Morgan fingerprint density at radius 3 is 2.11 bits per heavy atom. The Hall–Kier alpha value is -3.65. The monoisotopic (exact) mass is 535 g/mol. The zero-order chi connectivity index (χ0) is 27.9. The Balaban J connectivity index is 2.11. The number of amides is 2. The molecule has 0 spiro atoms. The number of nitrogens with zero attached hydrogens (tertiary/aromatic N) is 2. The first-order chi connectivity index (χ1) is 18.1. The number of carbonyl (C=O) groups is 2. The third-order valence-corrected chi connectivity index (χ3v) is 8.57. The highest BCUT2D eigenvalue weighted by atomic mass is 32.2. The molecule has 1 N–H and O–H groups in total. The van der Waals surface area contributed by atoms with Crippen LogP contribution in [0.15, 0.2) is 77.7 Å². The summed E-state index contributed by atoms with van der Waals surface area (Å²) < 4.78 is 29.0. The highest BCUT2D eigenvalue weighted by Crippen LogP contribution is 2.29. The quantitative estimate of drug-likeness (QED) is 0.384. The van der Waals surface area contributed by atoms with Crippen LogP contribution in [-0.2, 0) is 26.2 Å². The van der Waals surface area contributed by atoms with Crippen LogP contribution in [0.25, 0.3) is 0 Å². The SMILES string of the molecule is CCNC(=O)C(CC)N(Cc1ccccc1C)C(=O)CN(c1cccc(C)c1C)S(=O)(=O)c1ccccc1. The summed E-state index contributed by atoms with van der Waals surface area (Å²) in [5, 5.41) is 2.83. The molecule has 0 aliphatic heterocycles. The second-order valence-electron chi connectivity index (χ2n) is 9.31. The molecular formula is C30H37N3O4S. The van der Waals surface area contributed by atoms with E-state index in [4.69, 9.17) is 0 Å². The number of rotatable bonds is 11. The smallest absolute Gasteiger partial charge is 0.264 e. The molecule has 0 radical (unpaired) electrons. The van der Waals surface area contributed by atoms with Gasteiger partial charge in [0.25, 0.3) is 10.0 Å². The maximum absolute atomic E-state index is 14.1. The Labute approximate surface area is 226 Å². The predicted molar refractivity (Wildman–Crippen MR) is 151 cm³/mol. The van der Waals surface area contributed by atoms with Crippen LogP contribution in [0.5, 0.6) is 0 Å². The highest BCUT2D eigenvalue weighted by Gasteiger charge is 2.34. The molecule has 0 aliphatic rings. The molecule has 202 valence electrons. The van der Waals surface area contributed by atoms with E-state index in [-0.39, 0.29) is 17.3 Å². The van der Waals surface area contributed by atoms with Gasteiger partial charge < -0.3 is 10.2 Å². The van der Waals surface area contributed by atoms with Gasteiger partial charge in [0.05, 0.1) is 10.6 Å². The number of benzene rings is 3. The van der Waals surface area contributed by atoms with E-state index in [0.29, 0.717) is 18.7 Å². The summed E-state index contributed by atoms with van der Waals surface area (Å²) in [4.78, 5) is 28.7. The van der Waals surface area contributed by atoms with E-state index < -0.39 is 28.5 Å². The van der Waals surface area contributed by atoms with Gasteiger partial charge in [0.15, 0.2) is 0 Å². The average molecular weight is 536 g/mol. The maximum atomic E-state index is 14.1. The van der Waals surface area contributed by atoms with Crippen molar-refractivity contribution in [2.75, 3.05) is 17.4 Å².